The van der Waals surface area contributed by atoms with Gasteiger partial charge in [-0.05, 0) is 39.4 Å². The van der Waals surface area contributed by atoms with Crippen molar-refractivity contribution in [1.82, 2.24) is 10.2 Å². The molecule has 0 heterocycles. The fraction of sp³-hybridized carbons (Fsp3) is 1.00. The van der Waals surface area contributed by atoms with Crippen molar-refractivity contribution in [3.8, 4) is 0 Å². The van der Waals surface area contributed by atoms with Crippen molar-refractivity contribution in [3.05, 3.63) is 0 Å². The molecule has 1 aliphatic rings. The first-order chi connectivity index (χ1) is 7.81. The Labute approximate surface area is 100 Å². The molecule has 2 N–H and O–H groups in total. The lowest BCUT2D eigenvalue weighted by molar-refractivity contribution is 0.147. The summed E-state index contributed by atoms with van der Waals surface area (Å²) in [5.74, 6) is 0. The fourth-order valence-corrected chi connectivity index (χ4v) is 2.69. The molecule has 1 fully saturated rings. The van der Waals surface area contributed by atoms with E-state index in [1.807, 2.05) is 7.05 Å². The Kier molecular flexibility index (Phi) is 7.01. The molecule has 1 rings (SSSR count). The van der Waals surface area contributed by atoms with Crippen molar-refractivity contribution in [2.75, 3.05) is 26.7 Å². The highest BCUT2D eigenvalue weighted by molar-refractivity contribution is 4.76. The van der Waals surface area contributed by atoms with Crippen LogP contribution in [0.5, 0.6) is 0 Å². The van der Waals surface area contributed by atoms with Gasteiger partial charge in [-0.2, -0.15) is 0 Å². The number of aliphatic hydroxyl groups is 1. The number of nitrogens with one attached hydrogen (secondary N) is 1. The molecule has 16 heavy (non-hydrogen) atoms. The van der Waals surface area contributed by atoms with Crippen molar-refractivity contribution in [2.45, 2.75) is 57.5 Å². The van der Waals surface area contributed by atoms with Crippen LogP contribution in [0.4, 0.5) is 0 Å². The summed E-state index contributed by atoms with van der Waals surface area (Å²) in [4.78, 5) is 2.60. The first-order valence-electron chi connectivity index (χ1n) is 6.84. The summed E-state index contributed by atoms with van der Waals surface area (Å²) in [5.41, 5.74) is 0. The molecule has 0 radical (unpaired) electrons. The number of hydrogen-bond acceptors (Lipinski definition) is 3. The lowest BCUT2D eigenvalue weighted by Crippen LogP contribution is -2.40. The summed E-state index contributed by atoms with van der Waals surface area (Å²) in [6, 6.07) is 1.06. The van der Waals surface area contributed by atoms with Crippen LogP contribution in [0.1, 0.15) is 45.4 Å². The molecule has 0 amide bonds. The number of nitrogens with zero attached hydrogens (tertiary/aromatic N) is 1. The molecule has 3 nitrogen and oxygen atoms in total. The van der Waals surface area contributed by atoms with Crippen molar-refractivity contribution in [3.63, 3.8) is 0 Å². The lowest BCUT2D eigenvalue weighted by atomic mass is 9.94. The number of likely N-dealkylation sites (N-methyl/N-ethyl adjacent to an activating group) is 1. The monoisotopic (exact) mass is 228 g/mol. The molecular weight excluding hydrogens is 200 g/mol. The highest BCUT2D eigenvalue weighted by Crippen LogP contribution is 2.22. The number of hydrogen-bond donors (Lipinski definition) is 2. The van der Waals surface area contributed by atoms with Gasteiger partial charge in [0.05, 0.1) is 6.61 Å². The van der Waals surface area contributed by atoms with E-state index in [0.717, 1.165) is 25.6 Å². The van der Waals surface area contributed by atoms with Crippen LogP contribution in [0.2, 0.25) is 0 Å². The summed E-state index contributed by atoms with van der Waals surface area (Å²) in [6.45, 7) is 4.76. The molecule has 0 aliphatic heterocycles. The lowest BCUT2D eigenvalue weighted by Gasteiger charge is -2.34. The maximum atomic E-state index is 9.14. The predicted molar refractivity (Wildman–Crippen MR) is 68.7 cm³/mol. The largest absolute Gasteiger partial charge is 0.395 e. The van der Waals surface area contributed by atoms with E-state index in [1.165, 1.54) is 32.1 Å². The van der Waals surface area contributed by atoms with Crippen LogP contribution in [-0.4, -0.2) is 48.8 Å². The van der Waals surface area contributed by atoms with Gasteiger partial charge in [0.15, 0.2) is 0 Å². The normalized spacial score (nSPS) is 20.2. The van der Waals surface area contributed by atoms with Crippen LogP contribution in [0, 0.1) is 0 Å². The van der Waals surface area contributed by atoms with Gasteiger partial charge in [0.25, 0.3) is 0 Å². The van der Waals surface area contributed by atoms with E-state index in [9.17, 15) is 0 Å². The Morgan fingerprint density at radius 1 is 1.31 bits per heavy atom. The summed E-state index contributed by atoms with van der Waals surface area (Å²) >= 11 is 0. The van der Waals surface area contributed by atoms with Gasteiger partial charge in [-0.15, -0.1) is 0 Å². The minimum Gasteiger partial charge on any atom is -0.395 e. The average Bonchev–Trinajstić information content (AvgIpc) is 2.36. The van der Waals surface area contributed by atoms with Gasteiger partial charge in [-0.3, -0.25) is 0 Å². The summed E-state index contributed by atoms with van der Waals surface area (Å²) in [6.07, 6.45) is 8.02. The predicted octanol–water partition coefficient (Wildman–Crippen LogP) is 1.61. The highest BCUT2D eigenvalue weighted by Gasteiger charge is 2.20. The van der Waals surface area contributed by atoms with E-state index in [0.29, 0.717) is 0 Å². The molecule has 1 unspecified atom stereocenters. The van der Waals surface area contributed by atoms with Gasteiger partial charge >= 0.3 is 0 Å². The van der Waals surface area contributed by atoms with Gasteiger partial charge in [-0.25, -0.2) is 0 Å². The molecule has 1 atom stereocenters. The third-order valence-corrected chi connectivity index (χ3v) is 3.89. The zero-order chi connectivity index (χ0) is 11.8. The van der Waals surface area contributed by atoms with Gasteiger partial charge in [0.1, 0.15) is 0 Å². The van der Waals surface area contributed by atoms with E-state index >= 15 is 0 Å². The topological polar surface area (TPSA) is 35.5 Å². The Balaban J connectivity index is 2.29. The molecule has 0 spiro atoms. The van der Waals surface area contributed by atoms with Crippen LogP contribution in [0.3, 0.4) is 0 Å². The Morgan fingerprint density at radius 3 is 2.50 bits per heavy atom. The molecule has 3 heteroatoms. The average molecular weight is 228 g/mol. The molecule has 0 saturated heterocycles. The van der Waals surface area contributed by atoms with Crippen LogP contribution in [0.25, 0.3) is 0 Å². The van der Waals surface area contributed by atoms with E-state index < -0.39 is 0 Å². The van der Waals surface area contributed by atoms with Gasteiger partial charge < -0.3 is 15.3 Å². The third-order valence-electron chi connectivity index (χ3n) is 3.89. The molecule has 0 bridgehead atoms. The maximum Gasteiger partial charge on any atom is 0.0585 e. The summed E-state index contributed by atoms with van der Waals surface area (Å²) < 4.78 is 0. The van der Waals surface area contributed by atoms with E-state index in [1.54, 1.807) is 0 Å². The molecule has 1 saturated carbocycles. The Hall–Kier alpha value is -0.120. The smallest absolute Gasteiger partial charge is 0.0585 e. The SMILES string of the molecule is CCN(CCC(CO)NC)C1CCCCC1. The Bertz CT molecular complexity index is 165. The molecule has 1 aliphatic carbocycles. The van der Waals surface area contributed by atoms with Crippen LogP contribution >= 0.6 is 0 Å². The zero-order valence-electron chi connectivity index (χ0n) is 10.9. The minimum absolute atomic E-state index is 0.249. The molecule has 0 aromatic heterocycles. The number of aliphatic hydroxyl groups excluding tert-OH is 1. The van der Waals surface area contributed by atoms with Gasteiger partial charge in [0.2, 0.25) is 0 Å². The van der Waals surface area contributed by atoms with Crippen LogP contribution < -0.4 is 5.32 Å². The first kappa shape index (κ1) is 13.9. The summed E-state index contributed by atoms with van der Waals surface area (Å²) in [5, 5.41) is 12.3. The van der Waals surface area contributed by atoms with Crippen molar-refractivity contribution in [2.24, 2.45) is 0 Å². The molecule has 0 aromatic carbocycles. The van der Waals surface area contributed by atoms with E-state index in [4.69, 9.17) is 5.11 Å². The zero-order valence-corrected chi connectivity index (χ0v) is 10.9. The van der Waals surface area contributed by atoms with Gasteiger partial charge in [0, 0.05) is 12.1 Å². The van der Waals surface area contributed by atoms with E-state index in [-0.39, 0.29) is 12.6 Å². The highest BCUT2D eigenvalue weighted by atomic mass is 16.3. The second-order valence-electron chi connectivity index (χ2n) is 4.88. The van der Waals surface area contributed by atoms with Crippen molar-refractivity contribution >= 4 is 0 Å². The van der Waals surface area contributed by atoms with Crippen LogP contribution in [-0.2, 0) is 0 Å². The first-order valence-corrected chi connectivity index (χ1v) is 6.84. The maximum absolute atomic E-state index is 9.14. The fourth-order valence-electron chi connectivity index (χ4n) is 2.69. The van der Waals surface area contributed by atoms with Crippen molar-refractivity contribution < 1.29 is 5.11 Å². The van der Waals surface area contributed by atoms with Gasteiger partial charge in [-0.1, -0.05) is 26.2 Å². The summed E-state index contributed by atoms with van der Waals surface area (Å²) in [7, 11) is 1.93. The van der Waals surface area contributed by atoms with Crippen LogP contribution in [0.15, 0.2) is 0 Å². The van der Waals surface area contributed by atoms with E-state index in [2.05, 4.69) is 17.1 Å². The molecular formula is C13H28N2O. The third kappa shape index (κ3) is 4.40. The number of rotatable bonds is 7. The molecule has 96 valence electrons. The van der Waals surface area contributed by atoms with Crippen molar-refractivity contribution in [1.29, 1.82) is 0 Å². The quantitative estimate of drug-likeness (QED) is 0.695. The Morgan fingerprint density at radius 2 is 2.00 bits per heavy atom. The second-order valence-corrected chi connectivity index (χ2v) is 4.88. The molecule has 0 aromatic rings. The standard InChI is InChI=1S/C13H28N2O/c1-3-15(10-9-12(11-16)14-2)13-7-5-4-6-8-13/h12-14,16H,3-11H2,1-2H3. The second kappa shape index (κ2) is 8.04. The minimum atomic E-state index is 0.249.